The second-order valence-corrected chi connectivity index (χ2v) is 6.39. The van der Waals surface area contributed by atoms with Gasteiger partial charge < -0.3 is 14.4 Å². The number of hydrogen-bond donors (Lipinski definition) is 0. The van der Waals surface area contributed by atoms with Gasteiger partial charge in [-0.25, -0.2) is 4.79 Å². The van der Waals surface area contributed by atoms with E-state index in [1.165, 1.54) is 0 Å². The molecule has 0 spiro atoms. The molecular formula is C24H25NO3. The van der Waals surface area contributed by atoms with Crippen LogP contribution in [0.25, 0.3) is 0 Å². The Kier molecular flexibility index (Phi) is 7.08. The highest BCUT2D eigenvalue weighted by molar-refractivity contribution is 5.64. The maximum Gasteiger partial charge on any atom is 0.513 e. The number of carbonyl (C=O) groups excluding carboxylic acids is 1. The summed E-state index contributed by atoms with van der Waals surface area (Å²) in [5.74, 6) is 0.534. The maximum absolute atomic E-state index is 12.2. The van der Waals surface area contributed by atoms with Gasteiger partial charge in [0.15, 0.2) is 0 Å². The Hall–Kier alpha value is -3.27. The van der Waals surface area contributed by atoms with Crippen LogP contribution in [0, 0.1) is 0 Å². The molecule has 0 atom stereocenters. The molecule has 4 heteroatoms. The van der Waals surface area contributed by atoms with Gasteiger partial charge >= 0.3 is 6.16 Å². The van der Waals surface area contributed by atoms with Crippen LogP contribution >= 0.6 is 0 Å². The quantitative estimate of drug-likeness (QED) is 0.395. The number of nitrogens with zero attached hydrogens (tertiary/aromatic N) is 1. The van der Waals surface area contributed by atoms with Gasteiger partial charge in [-0.3, -0.25) is 0 Å². The summed E-state index contributed by atoms with van der Waals surface area (Å²) in [6, 6.07) is 27.7. The fraction of sp³-hybridized carbons (Fsp3) is 0.208. The van der Waals surface area contributed by atoms with E-state index >= 15 is 0 Å². The molecule has 0 saturated carbocycles. The minimum Gasteiger partial charge on any atom is -0.432 e. The van der Waals surface area contributed by atoms with Gasteiger partial charge in [0.25, 0.3) is 0 Å². The van der Waals surface area contributed by atoms with Crippen molar-refractivity contribution in [1.82, 2.24) is 0 Å². The van der Waals surface area contributed by atoms with Crippen molar-refractivity contribution in [1.29, 1.82) is 0 Å². The summed E-state index contributed by atoms with van der Waals surface area (Å²) in [5.41, 5.74) is 3.22. The van der Waals surface area contributed by atoms with Crippen LogP contribution in [0.4, 0.5) is 10.5 Å². The molecule has 0 aliphatic heterocycles. The fourth-order valence-electron chi connectivity index (χ4n) is 3.03. The second-order valence-electron chi connectivity index (χ2n) is 6.39. The highest BCUT2D eigenvalue weighted by Gasteiger charge is 2.12. The first-order chi connectivity index (χ1) is 13.8. The molecule has 0 unspecified atom stereocenters. The molecule has 28 heavy (non-hydrogen) atoms. The fourth-order valence-corrected chi connectivity index (χ4v) is 3.03. The average Bonchev–Trinajstić information content (AvgIpc) is 2.74. The van der Waals surface area contributed by atoms with E-state index < -0.39 is 6.16 Å². The van der Waals surface area contributed by atoms with Crippen LogP contribution in [0.5, 0.6) is 5.75 Å². The van der Waals surface area contributed by atoms with Gasteiger partial charge in [-0.1, -0.05) is 66.7 Å². The third kappa shape index (κ3) is 5.61. The molecule has 0 saturated heterocycles. The van der Waals surface area contributed by atoms with E-state index in [0.717, 1.165) is 23.4 Å². The van der Waals surface area contributed by atoms with Crippen LogP contribution in [-0.2, 0) is 11.2 Å². The summed E-state index contributed by atoms with van der Waals surface area (Å²) < 4.78 is 10.8. The van der Waals surface area contributed by atoms with E-state index in [1.54, 1.807) is 6.07 Å². The average molecular weight is 375 g/mol. The molecule has 0 aliphatic carbocycles. The predicted octanol–water partition coefficient (Wildman–Crippen LogP) is 5.32. The number of likely N-dealkylation sites (N-methyl/N-ethyl adjacent to an activating group) is 1. The van der Waals surface area contributed by atoms with E-state index in [1.807, 2.05) is 66.7 Å². The van der Waals surface area contributed by atoms with Crippen LogP contribution in [0.15, 0.2) is 84.9 Å². The summed E-state index contributed by atoms with van der Waals surface area (Å²) in [7, 11) is 0. The molecule has 3 rings (SSSR count). The lowest BCUT2D eigenvalue weighted by molar-refractivity contribution is 0.101. The lowest BCUT2D eigenvalue weighted by atomic mass is 10.0. The SMILES string of the molecule is CCN(CCOC(=O)Oc1ccccc1Cc1ccccc1)c1ccccc1. The Labute approximate surface area is 166 Å². The predicted molar refractivity (Wildman–Crippen MR) is 112 cm³/mol. The lowest BCUT2D eigenvalue weighted by Gasteiger charge is -2.22. The van der Waals surface area contributed by atoms with E-state index in [-0.39, 0.29) is 6.61 Å². The van der Waals surface area contributed by atoms with Gasteiger partial charge in [-0.15, -0.1) is 0 Å². The molecule has 0 aliphatic rings. The molecular weight excluding hydrogens is 350 g/mol. The highest BCUT2D eigenvalue weighted by atomic mass is 16.7. The number of hydrogen-bond acceptors (Lipinski definition) is 4. The van der Waals surface area contributed by atoms with Crippen LogP contribution < -0.4 is 9.64 Å². The number of anilines is 1. The molecule has 3 aromatic carbocycles. The van der Waals surface area contributed by atoms with Gasteiger partial charge in [-0.05, 0) is 36.2 Å². The van der Waals surface area contributed by atoms with Crippen molar-refractivity contribution < 1.29 is 14.3 Å². The molecule has 0 fully saturated rings. The molecule has 0 heterocycles. The Morgan fingerprint density at radius 2 is 1.50 bits per heavy atom. The third-order valence-electron chi connectivity index (χ3n) is 4.49. The van der Waals surface area contributed by atoms with E-state index in [0.29, 0.717) is 18.7 Å². The van der Waals surface area contributed by atoms with Gasteiger partial charge in [0.2, 0.25) is 0 Å². The molecule has 0 N–H and O–H groups in total. The monoisotopic (exact) mass is 375 g/mol. The number of ether oxygens (including phenoxy) is 2. The zero-order chi connectivity index (χ0) is 19.6. The summed E-state index contributed by atoms with van der Waals surface area (Å²) in [4.78, 5) is 14.3. The summed E-state index contributed by atoms with van der Waals surface area (Å²) in [5, 5.41) is 0. The van der Waals surface area contributed by atoms with Gasteiger partial charge in [-0.2, -0.15) is 0 Å². The highest BCUT2D eigenvalue weighted by Crippen LogP contribution is 2.22. The van der Waals surface area contributed by atoms with E-state index in [9.17, 15) is 4.79 Å². The number of rotatable bonds is 8. The third-order valence-corrected chi connectivity index (χ3v) is 4.49. The Balaban J connectivity index is 1.54. The molecule has 0 bridgehead atoms. The summed E-state index contributed by atoms with van der Waals surface area (Å²) >= 11 is 0. The van der Waals surface area contributed by atoms with Crippen molar-refractivity contribution in [2.45, 2.75) is 13.3 Å². The number of para-hydroxylation sites is 2. The molecule has 144 valence electrons. The van der Waals surface area contributed by atoms with Gasteiger partial charge in [0, 0.05) is 18.7 Å². The van der Waals surface area contributed by atoms with Crippen molar-refractivity contribution >= 4 is 11.8 Å². The Bertz CT molecular complexity index is 865. The van der Waals surface area contributed by atoms with Crippen LogP contribution in [0.2, 0.25) is 0 Å². The van der Waals surface area contributed by atoms with Crippen LogP contribution in [-0.4, -0.2) is 25.9 Å². The zero-order valence-corrected chi connectivity index (χ0v) is 16.1. The minimum atomic E-state index is -0.676. The maximum atomic E-state index is 12.2. The van der Waals surface area contributed by atoms with Crippen molar-refractivity contribution in [2.75, 3.05) is 24.6 Å². The van der Waals surface area contributed by atoms with Gasteiger partial charge in [0.05, 0.1) is 6.54 Å². The van der Waals surface area contributed by atoms with Crippen LogP contribution in [0.1, 0.15) is 18.1 Å². The van der Waals surface area contributed by atoms with Crippen LogP contribution in [0.3, 0.4) is 0 Å². The van der Waals surface area contributed by atoms with Crippen molar-refractivity contribution in [2.24, 2.45) is 0 Å². The van der Waals surface area contributed by atoms with E-state index in [2.05, 4.69) is 24.0 Å². The first-order valence-corrected chi connectivity index (χ1v) is 9.52. The first kappa shape index (κ1) is 19.5. The smallest absolute Gasteiger partial charge is 0.432 e. The first-order valence-electron chi connectivity index (χ1n) is 9.52. The normalized spacial score (nSPS) is 10.3. The Morgan fingerprint density at radius 1 is 0.857 bits per heavy atom. The molecule has 3 aromatic rings. The zero-order valence-electron chi connectivity index (χ0n) is 16.1. The minimum absolute atomic E-state index is 0.266. The molecule has 0 aromatic heterocycles. The second kappa shape index (κ2) is 10.2. The van der Waals surface area contributed by atoms with E-state index in [4.69, 9.17) is 9.47 Å². The van der Waals surface area contributed by atoms with Crippen molar-refractivity contribution in [3.63, 3.8) is 0 Å². The molecule has 0 amide bonds. The van der Waals surface area contributed by atoms with Crippen molar-refractivity contribution in [3.8, 4) is 5.75 Å². The summed E-state index contributed by atoms with van der Waals surface area (Å²) in [6.45, 7) is 3.79. The largest absolute Gasteiger partial charge is 0.513 e. The molecule has 0 radical (unpaired) electrons. The molecule has 4 nitrogen and oxygen atoms in total. The standard InChI is InChI=1S/C24H25NO3/c1-2-25(22-14-7-4-8-15-22)17-18-27-24(26)28-23-16-10-9-13-21(23)19-20-11-5-3-6-12-20/h3-16H,2,17-19H2,1H3. The van der Waals surface area contributed by atoms with Gasteiger partial charge in [0.1, 0.15) is 12.4 Å². The number of benzene rings is 3. The topological polar surface area (TPSA) is 38.8 Å². The van der Waals surface area contributed by atoms with Crippen molar-refractivity contribution in [3.05, 3.63) is 96.1 Å². The Morgan fingerprint density at radius 3 is 2.21 bits per heavy atom. The lowest BCUT2D eigenvalue weighted by Crippen LogP contribution is -2.28. The number of carbonyl (C=O) groups is 1. The summed E-state index contributed by atoms with van der Waals surface area (Å²) in [6.07, 6.45) is 0.0201.